The predicted octanol–water partition coefficient (Wildman–Crippen LogP) is 0.912. The van der Waals surface area contributed by atoms with Crippen molar-refractivity contribution in [1.29, 1.82) is 0 Å². The number of ether oxygens (including phenoxy) is 1. The van der Waals surface area contributed by atoms with Gasteiger partial charge >= 0.3 is 0 Å². The summed E-state index contributed by atoms with van der Waals surface area (Å²) in [5, 5.41) is 0. The van der Waals surface area contributed by atoms with Crippen LogP contribution >= 0.6 is 11.6 Å². The smallest absolute Gasteiger partial charge is 0.215 e. The molecule has 0 aliphatic rings. The molecule has 0 bridgehead atoms. The summed E-state index contributed by atoms with van der Waals surface area (Å²) in [5.41, 5.74) is 0. The Morgan fingerprint density at radius 3 is 2.36 bits per heavy atom. The molecule has 0 rings (SSSR count). The first-order valence-electron chi connectivity index (χ1n) is 4.50. The van der Waals surface area contributed by atoms with Crippen molar-refractivity contribution in [3.8, 4) is 0 Å². The molecule has 4 nitrogen and oxygen atoms in total. The Kier molecular flexibility index (Phi) is 6.68. The van der Waals surface area contributed by atoms with Gasteiger partial charge in [-0.15, -0.1) is 11.6 Å². The Balaban J connectivity index is 4.48. The minimum Gasteiger partial charge on any atom is -0.383 e. The first kappa shape index (κ1) is 14.2. The number of alkyl halides is 1. The topological polar surface area (TPSA) is 46.6 Å². The molecule has 0 saturated carbocycles. The zero-order valence-corrected chi connectivity index (χ0v) is 10.4. The van der Waals surface area contributed by atoms with Gasteiger partial charge in [-0.1, -0.05) is 0 Å². The predicted molar refractivity (Wildman–Crippen MR) is 58.2 cm³/mol. The van der Waals surface area contributed by atoms with Crippen molar-refractivity contribution in [3.05, 3.63) is 0 Å². The van der Waals surface area contributed by atoms with Gasteiger partial charge in [-0.25, -0.2) is 8.42 Å². The van der Waals surface area contributed by atoms with Gasteiger partial charge < -0.3 is 4.74 Å². The van der Waals surface area contributed by atoms with Gasteiger partial charge in [-0.3, -0.25) is 0 Å². The maximum Gasteiger partial charge on any atom is 0.215 e. The van der Waals surface area contributed by atoms with E-state index in [4.69, 9.17) is 16.3 Å². The minimum atomic E-state index is -3.22. The summed E-state index contributed by atoms with van der Waals surface area (Å²) in [6.07, 6.45) is 0. The molecular weight excluding hydrogens is 226 g/mol. The molecular formula is C8H18ClNO3S. The van der Waals surface area contributed by atoms with E-state index < -0.39 is 10.0 Å². The standard InChI is InChI=1S/C8H18ClNO3S/c1-8(2)10(5-6-13-3)14(11,12)7-4-9/h8H,4-7H2,1-3H3. The van der Waals surface area contributed by atoms with Crippen LogP contribution < -0.4 is 0 Å². The Bertz CT molecular complexity index is 241. The number of nitrogens with zero attached hydrogens (tertiary/aromatic N) is 1. The zero-order chi connectivity index (χ0) is 11.2. The number of methoxy groups -OCH3 is 1. The molecule has 0 aromatic heterocycles. The average Bonchev–Trinajstić information content (AvgIpc) is 2.03. The van der Waals surface area contributed by atoms with E-state index in [1.807, 2.05) is 13.8 Å². The zero-order valence-electron chi connectivity index (χ0n) is 8.86. The Morgan fingerprint density at radius 1 is 1.43 bits per heavy atom. The normalized spacial score (nSPS) is 12.7. The highest BCUT2D eigenvalue weighted by Crippen LogP contribution is 2.07. The molecule has 0 aromatic carbocycles. The van der Waals surface area contributed by atoms with Gasteiger partial charge in [0, 0.05) is 25.6 Å². The van der Waals surface area contributed by atoms with Crippen LogP contribution in [0.3, 0.4) is 0 Å². The van der Waals surface area contributed by atoms with Crippen molar-refractivity contribution in [2.45, 2.75) is 19.9 Å². The van der Waals surface area contributed by atoms with E-state index in [0.29, 0.717) is 13.2 Å². The molecule has 0 aliphatic carbocycles. The number of hydrogen-bond donors (Lipinski definition) is 0. The van der Waals surface area contributed by atoms with E-state index in [0.717, 1.165) is 0 Å². The van der Waals surface area contributed by atoms with Gasteiger partial charge in [0.1, 0.15) is 0 Å². The second-order valence-corrected chi connectivity index (χ2v) is 5.62. The summed E-state index contributed by atoms with van der Waals surface area (Å²) in [7, 11) is -1.67. The lowest BCUT2D eigenvalue weighted by Gasteiger charge is -2.25. The van der Waals surface area contributed by atoms with Gasteiger partial charge in [0.15, 0.2) is 0 Å². The molecule has 0 aromatic rings. The van der Waals surface area contributed by atoms with Crippen LogP contribution in [0.4, 0.5) is 0 Å². The summed E-state index contributed by atoms with van der Waals surface area (Å²) in [4.78, 5) is 0. The quantitative estimate of drug-likeness (QED) is 0.625. The highest BCUT2D eigenvalue weighted by Gasteiger charge is 2.23. The van der Waals surface area contributed by atoms with Crippen molar-refractivity contribution in [2.24, 2.45) is 0 Å². The van der Waals surface area contributed by atoms with Crippen molar-refractivity contribution < 1.29 is 13.2 Å². The molecule has 6 heteroatoms. The number of sulfonamides is 1. The van der Waals surface area contributed by atoms with Crippen LogP contribution in [0.15, 0.2) is 0 Å². The Hall–Kier alpha value is 0.160. The number of halogens is 1. The summed E-state index contributed by atoms with van der Waals surface area (Å²) < 4.78 is 29.6. The fourth-order valence-corrected chi connectivity index (χ4v) is 3.12. The first-order valence-corrected chi connectivity index (χ1v) is 6.64. The molecule has 0 spiro atoms. The van der Waals surface area contributed by atoms with Crippen LogP contribution in [0.2, 0.25) is 0 Å². The fraction of sp³-hybridized carbons (Fsp3) is 1.00. The van der Waals surface area contributed by atoms with E-state index in [1.165, 1.54) is 4.31 Å². The molecule has 0 unspecified atom stereocenters. The molecule has 0 aliphatic heterocycles. The van der Waals surface area contributed by atoms with Crippen molar-refractivity contribution in [1.82, 2.24) is 4.31 Å². The fourth-order valence-electron chi connectivity index (χ4n) is 1.11. The molecule has 0 fully saturated rings. The summed E-state index contributed by atoms with van der Waals surface area (Å²) in [6.45, 7) is 4.45. The van der Waals surface area contributed by atoms with E-state index in [1.54, 1.807) is 7.11 Å². The maximum atomic E-state index is 11.7. The van der Waals surface area contributed by atoms with Crippen LogP contribution in [0.25, 0.3) is 0 Å². The minimum absolute atomic E-state index is 0.0174. The maximum absolute atomic E-state index is 11.7. The Morgan fingerprint density at radius 2 is 2.00 bits per heavy atom. The van der Waals surface area contributed by atoms with Crippen LogP contribution in [0.5, 0.6) is 0 Å². The third kappa shape index (κ3) is 4.59. The lowest BCUT2D eigenvalue weighted by atomic mass is 10.4. The summed E-state index contributed by atoms with van der Waals surface area (Å²) in [6, 6.07) is -0.0571. The molecule has 14 heavy (non-hydrogen) atoms. The van der Waals surface area contributed by atoms with Crippen LogP contribution in [-0.4, -0.2) is 50.7 Å². The molecule has 0 radical (unpaired) electrons. The van der Waals surface area contributed by atoms with Crippen LogP contribution in [0, 0.1) is 0 Å². The number of rotatable bonds is 7. The highest BCUT2D eigenvalue weighted by molar-refractivity contribution is 7.89. The van der Waals surface area contributed by atoms with Crippen molar-refractivity contribution in [3.63, 3.8) is 0 Å². The molecule has 86 valence electrons. The molecule has 0 amide bonds. The van der Waals surface area contributed by atoms with Gasteiger partial charge in [0.05, 0.1) is 12.4 Å². The van der Waals surface area contributed by atoms with Gasteiger partial charge in [-0.2, -0.15) is 4.31 Å². The van der Waals surface area contributed by atoms with Gasteiger partial charge in [0.25, 0.3) is 0 Å². The molecule has 0 saturated heterocycles. The lowest BCUT2D eigenvalue weighted by molar-refractivity contribution is 0.171. The monoisotopic (exact) mass is 243 g/mol. The van der Waals surface area contributed by atoms with Gasteiger partial charge in [-0.05, 0) is 13.8 Å². The van der Waals surface area contributed by atoms with E-state index in [2.05, 4.69) is 0 Å². The highest BCUT2D eigenvalue weighted by atomic mass is 35.5. The van der Waals surface area contributed by atoms with E-state index in [9.17, 15) is 8.42 Å². The summed E-state index contributed by atoms with van der Waals surface area (Å²) in [5.74, 6) is 0.106. The molecule has 0 heterocycles. The second-order valence-electron chi connectivity index (χ2n) is 3.20. The lowest BCUT2D eigenvalue weighted by Crippen LogP contribution is -2.40. The van der Waals surface area contributed by atoms with Crippen molar-refractivity contribution in [2.75, 3.05) is 31.9 Å². The summed E-state index contributed by atoms with van der Waals surface area (Å²) >= 11 is 5.43. The third-order valence-corrected chi connectivity index (χ3v) is 4.24. The first-order chi connectivity index (χ1) is 6.45. The SMILES string of the molecule is COCCN(C(C)C)S(=O)(=O)CCCl. The van der Waals surface area contributed by atoms with Crippen molar-refractivity contribution >= 4 is 21.6 Å². The molecule has 0 atom stereocenters. The van der Waals surface area contributed by atoms with Crippen LogP contribution in [-0.2, 0) is 14.8 Å². The van der Waals surface area contributed by atoms with E-state index in [-0.39, 0.29) is 17.7 Å². The largest absolute Gasteiger partial charge is 0.383 e. The third-order valence-electron chi connectivity index (χ3n) is 1.78. The van der Waals surface area contributed by atoms with Gasteiger partial charge in [0.2, 0.25) is 10.0 Å². The molecule has 0 N–H and O–H groups in total. The van der Waals surface area contributed by atoms with E-state index >= 15 is 0 Å². The Labute approximate surface area is 91.2 Å². The second kappa shape index (κ2) is 6.61. The average molecular weight is 244 g/mol. The number of hydrogen-bond acceptors (Lipinski definition) is 3. The van der Waals surface area contributed by atoms with Crippen LogP contribution in [0.1, 0.15) is 13.8 Å².